The maximum atomic E-state index is 14.4. The van der Waals surface area contributed by atoms with Crippen molar-refractivity contribution in [2.24, 2.45) is 5.41 Å². The summed E-state index contributed by atoms with van der Waals surface area (Å²) in [5.74, 6) is 0.857. The summed E-state index contributed by atoms with van der Waals surface area (Å²) in [6, 6.07) is 15.2. The van der Waals surface area contributed by atoms with E-state index < -0.39 is 0 Å². The number of nitrogens with two attached hydrogens (primary N) is 1. The van der Waals surface area contributed by atoms with Crippen LogP contribution in [0.2, 0.25) is 0 Å². The van der Waals surface area contributed by atoms with Gasteiger partial charge in [0.1, 0.15) is 5.82 Å². The Kier molecular flexibility index (Phi) is 3.46. The van der Waals surface area contributed by atoms with Gasteiger partial charge in [-0.05, 0) is 41.5 Å². The quantitative estimate of drug-likeness (QED) is 0.706. The summed E-state index contributed by atoms with van der Waals surface area (Å²) in [6.45, 7) is 6.47. The molecule has 1 fully saturated rings. The highest BCUT2D eigenvalue weighted by Gasteiger charge is 2.60. The van der Waals surface area contributed by atoms with Crippen LogP contribution in [0.15, 0.2) is 48.5 Å². The van der Waals surface area contributed by atoms with Crippen LogP contribution in [-0.4, -0.2) is 9.97 Å². The van der Waals surface area contributed by atoms with Crippen molar-refractivity contribution in [1.29, 1.82) is 0 Å². The monoisotopic (exact) mass is 335 g/mol. The molecule has 1 aliphatic carbocycles. The number of aromatic amines is 1. The van der Waals surface area contributed by atoms with Crippen LogP contribution in [0, 0.1) is 18.2 Å². The Labute approximate surface area is 147 Å². The Hall–Kier alpha value is -2.62. The van der Waals surface area contributed by atoms with Crippen LogP contribution in [-0.2, 0) is 0 Å². The molecule has 2 aromatic carbocycles. The zero-order chi connectivity index (χ0) is 17.8. The molecule has 128 valence electrons. The lowest BCUT2D eigenvalue weighted by atomic mass is 9.97. The Balaban J connectivity index is 1.74. The van der Waals surface area contributed by atoms with Gasteiger partial charge in [0.05, 0.1) is 5.69 Å². The van der Waals surface area contributed by atoms with Gasteiger partial charge in [-0.25, -0.2) is 9.37 Å². The minimum absolute atomic E-state index is 0.0676. The SMILES string of the molecule is Cc1[nH]c(N)nc1[C@@H]1[C@@H](c2ccc(F)c(-c3ccccc3)c2)C1(C)C. The van der Waals surface area contributed by atoms with Gasteiger partial charge in [-0.15, -0.1) is 0 Å². The van der Waals surface area contributed by atoms with Gasteiger partial charge in [0.2, 0.25) is 0 Å². The summed E-state index contributed by atoms with van der Waals surface area (Å²) in [7, 11) is 0. The molecule has 1 heterocycles. The number of imidazole rings is 1. The van der Waals surface area contributed by atoms with Crippen molar-refractivity contribution in [2.45, 2.75) is 32.6 Å². The third-order valence-corrected chi connectivity index (χ3v) is 5.50. The van der Waals surface area contributed by atoms with Crippen LogP contribution < -0.4 is 5.73 Å². The molecular formula is C21H22FN3. The van der Waals surface area contributed by atoms with Gasteiger partial charge in [-0.2, -0.15) is 0 Å². The molecule has 0 radical (unpaired) electrons. The van der Waals surface area contributed by atoms with Gasteiger partial charge in [0, 0.05) is 17.2 Å². The van der Waals surface area contributed by atoms with Crippen molar-refractivity contribution in [3.05, 3.63) is 71.3 Å². The van der Waals surface area contributed by atoms with E-state index in [1.165, 1.54) is 0 Å². The van der Waals surface area contributed by atoms with Gasteiger partial charge in [0.15, 0.2) is 5.95 Å². The first-order valence-electron chi connectivity index (χ1n) is 8.56. The fourth-order valence-corrected chi connectivity index (χ4v) is 4.15. The molecule has 0 amide bonds. The number of aryl methyl sites for hydroxylation is 1. The molecule has 0 spiro atoms. The predicted octanol–water partition coefficient (Wildman–Crippen LogP) is 5.01. The molecule has 0 saturated heterocycles. The van der Waals surface area contributed by atoms with Crippen molar-refractivity contribution in [3.8, 4) is 11.1 Å². The molecule has 1 aliphatic rings. The minimum atomic E-state index is -0.190. The van der Waals surface area contributed by atoms with E-state index >= 15 is 0 Å². The third-order valence-electron chi connectivity index (χ3n) is 5.50. The first-order chi connectivity index (χ1) is 11.9. The number of hydrogen-bond acceptors (Lipinski definition) is 2. The number of hydrogen-bond donors (Lipinski definition) is 2. The molecule has 4 rings (SSSR count). The molecule has 3 N–H and O–H groups in total. The Morgan fingerprint density at radius 2 is 1.80 bits per heavy atom. The zero-order valence-corrected chi connectivity index (χ0v) is 14.7. The number of halogens is 1. The Morgan fingerprint density at radius 1 is 1.08 bits per heavy atom. The summed E-state index contributed by atoms with van der Waals surface area (Å²) in [5, 5.41) is 0. The van der Waals surface area contributed by atoms with Gasteiger partial charge in [-0.3, -0.25) is 0 Å². The van der Waals surface area contributed by atoms with Crippen LogP contribution in [0.5, 0.6) is 0 Å². The first-order valence-corrected chi connectivity index (χ1v) is 8.56. The van der Waals surface area contributed by atoms with Crippen molar-refractivity contribution in [2.75, 3.05) is 5.73 Å². The second-order valence-corrected chi connectivity index (χ2v) is 7.51. The summed E-state index contributed by atoms with van der Waals surface area (Å²) in [5.41, 5.74) is 10.6. The molecule has 0 aliphatic heterocycles. The molecule has 1 saturated carbocycles. The highest BCUT2D eigenvalue weighted by Crippen LogP contribution is 2.70. The van der Waals surface area contributed by atoms with E-state index in [1.54, 1.807) is 6.07 Å². The number of nitrogen functional groups attached to an aromatic ring is 1. The largest absolute Gasteiger partial charge is 0.369 e. The van der Waals surface area contributed by atoms with Crippen LogP contribution >= 0.6 is 0 Å². The standard InChI is InChI=1S/C21H22FN3/c1-12-19(25-20(23)24-12)18-17(21(18,2)3)14-9-10-16(22)15(11-14)13-7-5-4-6-8-13/h4-11,17-18H,1-3H3,(H3,23,24,25)/t17-,18+/m1/s1. The summed E-state index contributed by atoms with van der Waals surface area (Å²) in [4.78, 5) is 7.58. The van der Waals surface area contributed by atoms with Crippen LogP contribution in [0.1, 0.15) is 42.6 Å². The summed E-state index contributed by atoms with van der Waals surface area (Å²) in [6.07, 6.45) is 0. The number of nitrogens with one attached hydrogen (secondary N) is 1. The molecule has 4 heteroatoms. The van der Waals surface area contributed by atoms with E-state index in [4.69, 9.17) is 5.73 Å². The molecule has 0 unspecified atom stereocenters. The lowest BCUT2D eigenvalue weighted by Gasteiger charge is -2.08. The van der Waals surface area contributed by atoms with E-state index in [0.717, 1.165) is 22.5 Å². The average Bonchev–Trinajstić information content (AvgIpc) is 2.98. The smallest absolute Gasteiger partial charge is 0.197 e. The normalized spacial score (nSPS) is 21.3. The lowest BCUT2D eigenvalue weighted by molar-refractivity contribution is 0.596. The number of H-pyrrole nitrogens is 1. The maximum Gasteiger partial charge on any atom is 0.197 e. The van der Waals surface area contributed by atoms with Crippen molar-refractivity contribution in [1.82, 2.24) is 9.97 Å². The van der Waals surface area contributed by atoms with Crippen molar-refractivity contribution < 1.29 is 4.39 Å². The van der Waals surface area contributed by atoms with Gasteiger partial charge < -0.3 is 10.7 Å². The number of benzene rings is 2. The number of nitrogens with zero attached hydrogens (tertiary/aromatic N) is 1. The fraction of sp³-hybridized carbons (Fsp3) is 0.286. The van der Waals surface area contributed by atoms with Gasteiger partial charge in [0.25, 0.3) is 0 Å². The second kappa shape index (κ2) is 5.45. The minimum Gasteiger partial charge on any atom is -0.369 e. The average molecular weight is 335 g/mol. The highest BCUT2D eigenvalue weighted by molar-refractivity contribution is 5.65. The maximum absolute atomic E-state index is 14.4. The van der Waals surface area contributed by atoms with E-state index in [9.17, 15) is 4.39 Å². The number of aromatic nitrogens is 2. The van der Waals surface area contributed by atoms with E-state index in [2.05, 4.69) is 23.8 Å². The van der Waals surface area contributed by atoms with Gasteiger partial charge >= 0.3 is 0 Å². The highest BCUT2D eigenvalue weighted by atomic mass is 19.1. The molecule has 0 bridgehead atoms. The van der Waals surface area contributed by atoms with Crippen LogP contribution in [0.3, 0.4) is 0 Å². The first kappa shape index (κ1) is 15.9. The number of anilines is 1. The molecule has 25 heavy (non-hydrogen) atoms. The Bertz CT molecular complexity index is 928. The van der Waals surface area contributed by atoms with E-state index in [-0.39, 0.29) is 17.2 Å². The number of rotatable bonds is 3. The molecule has 2 atom stereocenters. The van der Waals surface area contributed by atoms with Crippen LogP contribution in [0.25, 0.3) is 11.1 Å². The van der Waals surface area contributed by atoms with Crippen molar-refractivity contribution >= 4 is 5.95 Å². The van der Waals surface area contributed by atoms with E-state index in [1.807, 2.05) is 49.4 Å². The van der Waals surface area contributed by atoms with Gasteiger partial charge in [-0.1, -0.05) is 50.2 Å². The Morgan fingerprint density at radius 3 is 2.44 bits per heavy atom. The topological polar surface area (TPSA) is 54.7 Å². The summed E-state index contributed by atoms with van der Waals surface area (Å²) >= 11 is 0. The molecule has 3 nitrogen and oxygen atoms in total. The van der Waals surface area contributed by atoms with Crippen molar-refractivity contribution in [3.63, 3.8) is 0 Å². The lowest BCUT2D eigenvalue weighted by Crippen LogP contribution is -1.93. The third kappa shape index (κ3) is 2.53. The second-order valence-electron chi connectivity index (χ2n) is 7.51. The zero-order valence-electron chi connectivity index (χ0n) is 14.7. The molecule has 1 aromatic heterocycles. The predicted molar refractivity (Wildman–Crippen MR) is 98.8 cm³/mol. The molecule has 3 aromatic rings. The molecular weight excluding hydrogens is 313 g/mol. The summed E-state index contributed by atoms with van der Waals surface area (Å²) < 4.78 is 14.4. The van der Waals surface area contributed by atoms with Crippen LogP contribution in [0.4, 0.5) is 10.3 Å². The fourth-order valence-electron chi connectivity index (χ4n) is 4.15. The van der Waals surface area contributed by atoms with E-state index in [0.29, 0.717) is 17.4 Å².